The molecule has 0 aromatic carbocycles. The summed E-state index contributed by atoms with van der Waals surface area (Å²) >= 11 is 0. The van der Waals surface area contributed by atoms with E-state index in [1.807, 2.05) is 5.48 Å². The summed E-state index contributed by atoms with van der Waals surface area (Å²) in [5.41, 5.74) is 6.79. The largest absolute Gasteiger partial charge is 0.368 e. The van der Waals surface area contributed by atoms with E-state index < -0.39 is 5.91 Å². The molecule has 6 nitrogen and oxygen atoms in total. The van der Waals surface area contributed by atoms with Gasteiger partial charge in [-0.1, -0.05) is 6.08 Å². The number of hydroxylamine groups is 1. The molecular formula is C7H13N3O3. The summed E-state index contributed by atoms with van der Waals surface area (Å²) in [6.07, 6.45) is 1.62. The number of primary amides is 1. The Morgan fingerprint density at radius 1 is 1.54 bits per heavy atom. The van der Waals surface area contributed by atoms with Crippen LogP contribution in [0.3, 0.4) is 0 Å². The zero-order valence-corrected chi connectivity index (χ0v) is 7.21. The monoisotopic (exact) mass is 187 g/mol. The van der Waals surface area contributed by atoms with Crippen molar-refractivity contribution in [2.75, 3.05) is 19.7 Å². The summed E-state index contributed by atoms with van der Waals surface area (Å²) in [4.78, 5) is 25.4. The van der Waals surface area contributed by atoms with Crippen LogP contribution in [-0.2, 0) is 14.4 Å². The molecule has 0 unspecified atom stereocenters. The molecule has 0 aromatic rings. The van der Waals surface area contributed by atoms with Crippen molar-refractivity contribution in [3.63, 3.8) is 0 Å². The molecule has 0 saturated carbocycles. The van der Waals surface area contributed by atoms with Crippen LogP contribution in [0.15, 0.2) is 12.7 Å². The lowest BCUT2D eigenvalue weighted by atomic mass is 10.5. The van der Waals surface area contributed by atoms with Crippen LogP contribution >= 0.6 is 0 Å². The van der Waals surface area contributed by atoms with Crippen LogP contribution < -0.4 is 16.5 Å². The van der Waals surface area contributed by atoms with Gasteiger partial charge in [-0.2, -0.15) is 0 Å². The van der Waals surface area contributed by atoms with E-state index in [0.717, 1.165) is 0 Å². The molecule has 0 rings (SSSR count). The van der Waals surface area contributed by atoms with Crippen LogP contribution in [0.25, 0.3) is 0 Å². The topological polar surface area (TPSA) is 93.4 Å². The standard InChI is InChI=1S/C7H13N3O3/c1-2-3-9-4-7(12)10-13-5-6(8)11/h2,9H,1,3-5H2,(H2,8,11)(H,10,12). The van der Waals surface area contributed by atoms with Gasteiger partial charge >= 0.3 is 0 Å². The maximum Gasteiger partial charge on any atom is 0.257 e. The molecule has 0 aliphatic heterocycles. The summed E-state index contributed by atoms with van der Waals surface area (Å²) in [6.45, 7) is 3.76. The Balaban J connectivity index is 3.30. The lowest BCUT2D eigenvalue weighted by Gasteiger charge is -2.03. The van der Waals surface area contributed by atoms with Crippen LogP contribution in [0.2, 0.25) is 0 Å². The van der Waals surface area contributed by atoms with Gasteiger partial charge in [0.15, 0.2) is 6.61 Å². The first kappa shape index (κ1) is 11.6. The van der Waals surface area contributed by atoms with Gasteiger partial charge in [0.25, 0.3) is 5.91 Å². The zero-order chi connectivity index (χ0) is 10.1. The van der Waals surface area contributed by atoms with Crippen molar-refractivity contribution in [3.05, 3.63) is 12.7 Å². The van der Waals surface area contributed by atoms with Gasteiger partial charge in [-0.15, -0.1) is 6.58 Å². The highest BCUT2D eigenvalue weighted by Gasteiger charge is 2.00. The van der Waals surface area contributed by atoms with Crippen LogP contribution in [0.1, 0.15) is 0 Å². The number of rotatable bonds is 7. The summed E-state index contributed by atoms with van der Waals surface area (Å²) in [7, 11) is 0. The number of nitrogens with one attached hydrogen (secondary N) is 2. The molecule has 0 radical (unpaired) electrons. The maximum atomic E-state index is 10.8. The minimum atomic E-state index is -0.639. The van der Waals surface area contributed by atoms with E-state index in [0.29, 0.717) is 6.54 Å². The smallest absolute Gasteiger partial charge is 0.257 e. The van der Waals surface area contributed by atoms with Crippen LogP contribution in [0.4, 0.5) is 0 Å². The summed E-state index contributed by atoms with van der Waals surface area (Å²) in [6, 6.07) is 0. The van der Waals surface area contributed by atoms with Gasteiger partial charge in [-0.3, -0.25) is 14.4 Å². The summed E-state index contributed by atoms with van der Waals surface area (Å²) in [5, 5.41) is 2.75. The molecule has 6 heteroatoms. The van der Waals surface area contributed by atoms with Gasteiger partial charge in [-0.25, -0.2) is 5.48 Å². The van der Waals surface area contributed by atoms with E-state index >= 15 is 0 Å². The van der Waals surface area contributed by atoms with Crippen LogP contribution in [0, 0.1) is 0 Å². The molecule has 74 valence electrons. The summed E-state index contributed by atoms with van der Waals surface area (Å²) in [5.74, 6) is -1.01. The number of hydrogen-bond donors (Lipinski definition) is 3. The number of carbonyl (C=O) groups excluding carboxylic acids is 2. The zero-order valence-electron chi connectivity index (χ0n) is 7.21. The molecule has 0 aliphatic rings. The SMILES string of the molecule is C=CCNCC(=O)NOCC(N)=O. The molecule has 0 saturated heterocycles. The molecule has 2 amide bonds. The quantitative estimate of drug-likeness (QED) is 0.251. The van der Waals surface area contributed by atoms with Crippen molar-refractivity contribution >= 4 is 11.8 Å². The van der Waals surface area contributed by atoms with E-state index in [1.54, 1.807) is 6.08 Å². The van der Waals surface area contributed by atoms with Gasteiger partial charge in [0.2, 0.25) is 5.91 Å². The second-order valence-electron chi connectivity index (χ2n) is 2.20. The van der Waals surface area contributed by atoms with Gasteiger partial charge in [0.1, 0.15) is 0 Å². The number of hydrogen-bond acceptors (Lipinski definition) is 4. The predicted octanol–water partition coefficient (Wildman–Crippen LogP) is -1.70. The first-order chi connectivity index (χ1) is 6.16. The van der Waals surface area contributed by atoms with Crippen molar-refractivity contribution in [2.45, 2.75) is 0 Å². The molecule has 13 heavy (non-hydrogen) atoms. The Hall–Kier alpha value is -1.40. The number of carbonyl (C=O) groups is 2. The molecule has 0 atom stereocenters. The number of amides is 2. The Morgan fingerprint density at radius 3 is 2.77 bits per heavy atom. The Morgan fingerprint density at radius 2 is 2.23 bits per heavy atom. The van der Waals surface area contributed by atoms with Crippen LogP contribution in [-0.4, -0.2) is 31.5 Å². The highest BCUT2D eigenvalue weighted by molar-refractivity contribution is 5.78. The van der Waals surface area contributed by atoms with E-state index in [2.05, 4.69) is 16.7 Å². The van der Waals surface area contributed by atoms with Crippen molar-refractivity contribution in [3.8, 4) is 0 Å². The lowest BCUT2D eigenvalue weighted by Crippen LogP contribution is -2.36. The fourth-order valence-electron chi connectivity index (χ4n) is 0.512. The van der Waals surface area contributed by atoms with Gasteiger partial charge < -0.3 is 11.1 Å². The third-order valence-electron chi connectivity index (χ3n) is 0.975. The molecular weight excluding hydrogens is 174 g/mol. The first-order valence-electron chi connectivity index (χ1n) is 3.67. The fraction of sp³-hybridized carbons (Fsp3) is 0.429. The third kappa shape index (κ3) is 8.51. The van der Waals surface area contributed by atoms with Crippen molar-refractivity contribution in [1.82, 2.24) is 10.8 Å². The fourth-order valence-corrected chi connectivity index (χ4v) is 0.512. The Bertz CT molecular complexity index is 193. The average Bonchev–Trinajstić information content (AvgIpc) is 2.04. The van der Waals surface area contributed by atoms with E-state index in [4.69, 9.17) is 5.73 Å². The molecule has 4 N–H and O–H groups in total. The molecule has 0 heterocycles. The normalized spacial score (nSPS) is 9.23. The third-order valence-corrected chi connectivity index (χ3v) is 0.975. The van der Waals surface area contributed by atoms with Crippen molar-refractivity contribution < 1.29 is 14.4 Å². The minimum absolute atomic E-state index is 0.102. The lowest BCUT2D eigenvalue weighted by molar-refractivity contribution is -0.137. The van der Waals surface area contributed by atoms with Crippen LogP contribution in [0.5, 0.6) is 0 Å². The van der Waals surface area contributed by atoms with Crippen molar-refractivity contribution in [2.24, 2.45) is 5.73 Å². The average molecular weight is 187 g/mol. The van der Waals surface area contributed by atoms with E-state index in [1.165, 1.54) is 0 Å². The summed E-state index contributed by atoms with van der Waals surface area (Å²) < 4.78 is 0. The van der Waals surface area contributed by atoms with Gasteiger partial charge in [0.05, 0.1) is 6.54 Å². The number of nitrogens with two attached hydrogens (primary N) is 1. The van der Waals surface area contributed by atoms with Crippen molar-refractivity contribution in [1.29, 1.82) is 0 Å². The van der Waals surface area contributed by atoms with Gasteiger partial charge in [-0.05, 0) is 0 Å². The maximum absolute atomic E-state index is 10.8. The first-order valence-corrected chi connectivity index (χ1v) is 3.67. The second-order valence-corrected chi connectivity index (χ2v) is 2.20. The highest BCUT2D eigenvalue weighted by atomic mass is 16.7. The van der Waals surface area contributed by atoms with E-state index in [9.17, 15) is 9.59 Å². The molecule has 0 spiro atoms. The Kier molecular flexibility index (Phi) is 6.48. The second kappa shape index (κ2) is 7.26. The van der Waals surface area contributed by atoms with Gasteiger partial charge in [0, 0.05) is 6.54 Å². The predicted molar refractivity (Wildman–Crippen MR) is 46.4 cm³/mol. The molecule has 0 fully saturated rings. The highest BCUT2D eigenvalue weighted by Crippen LogP contribution is 1.68. The molecule has 0 bridgehead atoms. The molecule has 0 aliphatic carbocycles. The minimum Gasteiger partial charge on any atom is -0.368 e. The van der Waals surface area contributed by atoms with E-state index in [-0.39, 0.29) is 19.1 Å². The molecule has 0 aromatic heterocycles. The Labute approximate surface area is 76.1 Å².